The molecule has 1 aromatic carbocycles. The van der Waals surface area contributed by atoms with Gasteiger partial charge < -0.3 is 4.90 Å². The fourth-order valence-corrected chi connectivity index (χ4v) is 2.76. The number of carbonyl (C=O) groups is 1. The molecule has 1 atom stereocenters. The second-order valence-electron chi connectivity index (χ2n) is 6.16. The van der Waals surface area contributed by atoms with Crippen LogP contribution in [0.15, 0.2) is 18.2 Å². The van der Waals surface area contributed by atoms with Gasteiger partial charge in [0.05, 0.1) is 10.0 Å². The molecule has 2 rings (SSSR count). The van der Waals surface area contributed by atoms with Crippen molar-refractivity contribution in [2.45, 2.75) is 33.1 Å². The van der Waals surface area contributed by atoms with Gasteiger partial charge in [0.15, 0.2) is 0 Å². The highest BCUT2D eigenvalue weighted by atomic mass is 35.5. The first kappa shape index (κ1) is 14.7. The Morgan fingerprint density at radius 3 is 2.53 bits per heavy atom. The van der Waals surface area contributed by atoms with E-state index in [9.17, 15) is 4.79 Å². The summed E-state index contributed by atoms with van der Waals surface area (Å²) in [5, 5.41) is 1.16. The van der Waals surface area contributed by atoms with Gasteiger partial charge >= 0.3 is 0 Å². The first-order valence-corrected chi connectivity index (χ1v) is 7.29. The van der Waals surface area contributed by atoms with E-state index in [0.29, 0.717) is 16.0 Å². The fourth-order valence-electron chi connectivity index (χ4n) is 2.46. The van der Waals surface area contributed by atoms with E-state index in [1.165, 1.54) is 5.56 Å². The highest BCUT2D eigenvalue weighted by molar-refractivity contribution is 6.42. The second-order valence-corrected chi connectivity index (χ2v) is 6.97. The van der Waals surface area contributed by atoms with Crippen LogP contribution in [0, 0.1) is 5.41 Å². The molecule has 0 saturated carbocycles. The molecule has 1 saturated heterocycles. The molecule has 1 heterocycles. The number of carbonyl (C=O) groups excluding carboxylic acids is 1. The average Bonchev–Trinajstić information content (AvgIpc) is 2.79. The Hall–Kier alpha value is -0.730. The zero-order valence-corrected chi connectivity index (χ0v) is 13.1. The number of rotatable bonds is 1. The lowest BCUT2D eigenvalue weighted by Crippen LogP contribution is -2.37. The van der Waals surface area contributed by atoms with Gasteiger partial charge in [-0.1, -0.05) is 50.0 Å². The van der Waals surface area contributed by atoms with Crippen LogP contribution >= 0.6 is 23.2 Å². The van der Waals surface area contributed by atoms with Crippen molar-refractivity contribution in [2.75, 3.05) is 13.1 Å². The molecule has 0 spiro atoms. The summed E-state index contributed by atoms with van der Waals surface area (Å²) in [5.41, 5.74) is 0.852. The van der Waals surface area contributed by atoms with Crippen molar-refractivity contribution in [1.29, 1.82) is 0 Å². The highest BCUT2D eigenvalue weighted by Gasteiger charge is 2.33. The predicted octanol–water partition coefficient (Wildman–Crippen LogP) is 4.36. The maximum absolute atomic E-state index is 12.2. The number of hydrogen-bond acceptors (Lipinski definition) is 1. The normalized spacial score (nSPS) is 19.8. The van der Waals surface area contributed by atoms with Gasteiger partial charge in [-0.2, -0.15) is 0 Å². The lowest BCUT2D eigenvalue weighted by molar-refractivity contribution is -0.138. The Bertz CT molecular complexity index is 493. The van der Waals surface area contributed by atoms with Gasteiger partial charge in [-0.25, -0.2) is 0 Å². The van der Waals surface area contributed by atoms with Gasteiger partial charge in [0.2, 0.25) is 5.91 Å². The zero-order valence-electron chi connectivity index (χ0n) is 11.5. The minimum absolute atomic E-state index is 0.218. The van der Waals surface area contributed by atoms with Gasteiger partial charge in [-0.3, -0.25) is 4.79 Å². The Balaban J connectivity index is 2.10. The van der Waals surface area contributed by atoms with Crippen LogP contribution in [-0.2, 0) is 4.79 Å². The molecule has 1 fully saturated rings. The summed E-state index contributed by atoms with van der Waals surface area (Å²) in [4.78, 5) is 14.2. The van der Waals surface area contributed by atoms with Crippen molar-refractivity contribution in [3.05, 3.63) is 33.8 Å². The van der Waals surface area contributed by atoms with Crippen LogP contribution in [-0.4, -0.2) is 23.9 Å². The number of halogens is 2. The fraction of sp³-hybridized carbons (Fsp3) is 0.533. The minimum Gasteiger partial charge on any atom is -0.342 e. The first-order valence-electron chi connectivity index (χ1n) is 6.53. The molecule has 0 aliphatic carbocycles. The number of hydrogen-bond donors (Lipinski definition) is 0. The molecule has 1 aliphatic heterocycles. The molecule has 0 radical (unpaired) electrons. The van der Waals surface area contributed by atoms with Gasteiger partial charge in [-0.05, 0) is 24.1 Å². The van der Waals surface area contributed by atoms with Crippen molar-refractivity contribution in [3.8, 4) is 0 Å². The Morgan fingerprint density at radius 2 is 1.95 bits per heavy atom. The molecule has 104 valence electrons. The van der Waals surface area contributed by atoms with E-state index in [4.69, 9.17) is 23.2 Å². The smallest absolute Gasteiger partial charge is 0.227 e. The van der Waals surface area contributed by atoms with Gasteiger partial charge in [0, 0.05) is 24.4 Å². The SMILES string of the molecule is CC(C)(C)C(=O)N1CCC(c2ccc(Cl)c(Cl)c2)C1. The van der Waals surface area contributed by atoms with E-state index in [-0.39, 0.29) is 11.3 Å². The van der Waals surface area contributed by atoms with Crippen LogP contribution in [0.1, 0.15) is 38.7 Å². The maximum atomic E-state index is 12.2. The molecular formula is C15H19Cl2NO. The third kappa shape index (κ3) is 3.24. The summed E-state index contributed by atoms with van der Waals surface area (Å²) >= 11 is 12.0. The summed E-state index contributed by atoms with van der Waals surface area (Å²) in [6.45, 7) is 7.47. The van der Waals surface area contributed by atoms with E-state index in [1.54, 1.807) is 0 Å². The summed E-state index contributed by atoms with van der Waals surface area (Å²) < 4.78 is 0. The van der Waals surface area contributed by atoms with E-state index < -0.39 is 0 Å². The monoisotopic (exact) mass is 299 g/mol. The van der Waals surface area contributed by atoms with Crippen LogP contribution in [0.5, 0.6) is 0 Å². The molecule has 1 amide bonds. The predicted molar refractivity (Wildman–Crippen MR) is 79.9 cm³/mol. The summed E-state index contributed by atoms with van der Waals surface area (Å²) in [7, 11) is 0. The van der Waals surface area contributed by atoms with Crippen molar-refractivity contribution < 1.29 is 4.79 Å². The quantitative estimate of drug-likeness (QED) is 0.755. The molecule has 0 N–H and O–H groups in total. The first-order chi connectivity index (χ1) is 8.79. The minimum atomic E-state index is -0.313. The molecule has 0 bridgehead atoms. The lowest BCUT2D eigenvalue weighted by Gasteiger charge is -2.25. The Labute approximate surface area is 124 Å². The molecular weight excluding hydrogens is 281 g/mol. The van der Waals surface area contributed by atoms with Crippen molar-refractivity contribution in [3.63, 3.8) is 0 Å². The van der Waals surface area contributed by atoms with Crippen LogP contribution in [0.3, 0.4) is 0 Å². The molecule has 1 aromatic rings. The number of nitrogens with zero attached hydrogens (tertiary/aromatic N) is 1. The average molecular weight is 300 g/mol. The van der Waals surface area contributed by atoms with Gasteiger partial charge in [0.25, 0.3) is 0 Å². The summed E-state index contributed by atoms with van der Waals surface area (Å²) in [6, 6.07) is 5.75. The van der Waals surface area contributed by atoms with Crippen molar-refractivity contribution in [2.24, 2.45) is 5.41 Å². The number of benzene rings is 1. The molecule has 1 unspecified atom stereocenters. The Kier molecular flexibility index (Phi) is 4.12. The van der Waals surface area contributed by atoms with E-state index in [0.717, 1.165) is 19.5 Å². The van der Waals surface area contributed by atoms with Crippen molar-refractivity contribution in [1.82, 2.24) is 4.90 Å². The van der Waals surface area contributed by atoms with Crippen molar-refractivity contribution >= 4 is 29.1 Å². The number of amides is 1. The van der Waals surface area contributed by atoms with Gasteiger partial charge in [-0.15, -0.1) is 0 Å². The van der Waals surface area contributed by atoms with Gasteiger partial charge in [0.1, 0.15) is 0 Å². The van der Waals surface area contributed by atoms with Crippen LogP contribution in [0.2, 0.25) is 10.0 Å². The highest BCUT2D eigenvalue weighted by Crippen LogP contribution is 2.33. The Morgan fingerprint density at radius 1 is 1.26 bits per heavy atom. The third-order valence-corrected chi connectivity index (χ3v) is 4.27. The maximum Gasteiger partial charge on any atom is 0.227 e. The van der Waals surface area contributed by atoms with E-state index in [2.05, 4.69) is 0 Å². The topological polar surface area (TPSA) is 20.3 Å². The second kappa shape index (κ2) is 5.34. The molecule has 2 nitrogen and oxygen atoms in total. The molecule has 4 heteroatoms. The zero-order chi connectivity index (χ0) is 14.2. The van der Waals surface area contributed by atoms with E-state index in [1.807, 2.05) is 43.9 Å². The van der Waals surface area contributed by atoms with Crippen LogP contribution in [0.25, 0.3) is 0 Å². The third-order valence-electron chi connectivity index (χ3n) is 3.53. The number of likely N-dealkylation sites (tertiary alicyclic amines) is 1. The summed E-state index contributed by atoms with van der Waals surface area (Å²) in [5.74, 6) is 0.580. The standard InChI is InChI=1S/C15H19Cl2NO/c1-15(2,3)14(19)18-7-6-11(9-18)10-4-5-12(16)13(17)8-10/h4-5,8,11H,6-7,9H2,1-3H3. The molecule has 0 aromatic heterocycles. The molecule has 19 heavy (non-hydrogen) atoms. The lowest BCUT2D eigenvalue weighted by atomic mass is 9.94. The largest absolute Gasteiger partial charge is 0.342 e. The van der Waals surface area contributed by atoms with Crippen LogP contribution < -0.4 is 0 Å². The van der Waals surface area contributed by atoms with Crippen LogP contribution in [0.4, 0.5) is 0 Å². The molecule has 1 aliphatic rings. The summed E-state index contributed by atoms with van der Waals surface area (Å²) in [6.07, 6.45) is 0.986. The van der Waals surface area contributed by atoms with E-state index >= 15 is 0 Å².